The van der Waals surface area contributed by atoms with Crippen LogP contribution < -0.4 is 10.1 Å². The van der Waals surface area contributed by atoms with Crippen LogP contribution in [-0.2, 0) is 4.79 Å². The summed E-state index contributed by atoms with van der Waals surface area (Å²) in [6.07, 6.45) is -6.11. The molecule has 3 rings (SSSR count). The van der Waals surface area contributed by atoms with Gasteiger partial charge in [-0.1, -0.05) is 24.3 Å². The highest BCUT2D eigenvalue weighted by Crippen LogP contribution is 2.40. The summed E-state index contributed by atoms with van der Waals surface area (Å²) >= 11 is 0. The largest absolute Gasteiger partial charge is 0.481 e. The van der Waals surface area contributed by atoms with Gasteiger partial charge in [0, 0.05) is 5.56 Å². The number of ether oxygens (including phenoxy) is 1. The predicted octanol–water partition coefficient (Wildman–Crippen LogP) is 6.77. The molecule has 0 saturated heterocycles. The van der Waals surface area contributed by atoms with E-state index in [4.69, 9.17) is 4.74 Å². The van der Waals surface area contributed by atoms with E-state index < -0.39 is 46.8 Å². The normalized spacial score (nSPS) is 13.2. The Morgan fingerprint density at radius 2 is 1.45 bits per heavy atom. The Kier molecular flexibility index (Phi) is 7.10. The topological polar surface area (TPSA) is 38.3 Å². The number of anilines is 1. The molecular formula is C24H17F6NO2. The van der Waals surface area contributed by atoms with Crippen LogP contribution in [-0.4, -0.2) is 18.2 Å². The third-order valence-corrected chi connectivity index (χ3v) is 4.56. The highest BCUT2D eigenvalue weighted by Gasteiger charge is 2.38. The summed E-state index contributed by atoms with van der Waals surface area (Å²) < 4.78 is 87.5. The maximum atomic E-state index is 14.8. The summed E-state index contributed by atoms with van der Waals surface area (Å²) in [6, 6.07) is 13.3. The summed E-state index contributed by atoms with van der Waals surface area (Å²) in [5.41, 5.74) is -2.50. The Morgan fingerprint density at radius 3 is 2.03 bits per heavy atom. The van der Waals surface area contributed by atoms with Crippen molar-refractivity contribution in [3.63, 3.8) is 0 Å². The monoisotopic (exact) mass is 465 g/mol. The van der Waals surface area contributed by atoms with Gasteiger partial charge in [-0.3, -0.25) is 4.79 Å². The van der Waals surface area contributed by atoms with Gasteiger partial charge in [-0.25, -0.2) is 13.2 Å². The van der Waals surface area contributed by atoms with Gasteiger partial charge >= 0.3 is 6.18 Å². The number of carbonyl (C=O) groups is 1. The van der Waals surface area contributed by atoms with Crippen molar-refractivity contribution in [2.45, 2.75) is 19.2 Å². The third kappa shape index (κ3) is 5.94. The minimum absolute atomic E-state index is 0.0408. The van der Waals surface area contributed by atoms with Crippen molar-refractivity contribution in [2.75, 3.05) is 5.32 Å². The number of amides is 1. The van der Waals surface area contributed by atoms with Gasteiger partial charge in [0.15, 0.2) is 6.10 Å². The summed E-state index contributed by atoms with van der Waals surface area (Å²) in [7, 11) is 0. The summed E-state index contributed by atoms with van der Waals surface area (Å²) in [6.45, 7) is 1.39. The molecule has 0 fully saturated rings. The van der Waals surface area contributed by atoms with Gasteiger partial charge in [0.25, 0.3) is 5.91 Å². The molecule has 0 aliphatic carbocycles. The van der Waals surface area contributed by atoms with E-state index in [0.717, 1.165) is 36.4 Å². The average Bonchev–Trinajstić information content (AvgIpc) is 2.76. The van der Waals surface area contributed by atoms with Crippen LogP contribution >= 0.6 is 0 Å². The molecule has 0 aliphatic rings. The van der Waals surface area contributed by atoms with E-state index in [1.165, 1.54) is 43.3 Å². The number of benzene rings is 3. The molecule has 0 radical (unpaired) electrons. The van der Waals surface area contributed by atoms with Crippen LogP contribution in [0.3, 0.4) is 0 Å². The van der Waals surface area contributed by atoms with Crippen molar-refractivity contribution >= 4 is 23.0 Å². The molecule has 0 aromatic heterocycles. The van der Waals surface area contributed by atoms with E-state index in [0.29, 0.717) is 0 Å². The maximum Gasteiger partial charge on any atom is 0.419 e. The molecule has 3 nitrogen and oxygen atoms in total. The van der Waals surface area contributed by atoms with Crippen LogP contribution in [0.2, 0.25) is 0 Å². The van der Waals surface area contributed by atoms with Gasteiger partial charge in [-0.15, -0.1) is 0 Å². The number of hydrogen-bond donors (Lipinski definition) is 1. The molecule has 3 aromatic rings. The molecule has 0 heterocycles. The number of alkyl halides is 3. The van der Waals surface area contributed by atoms with Crippen LogP contribution in [0, 0.1) is 11.6 Å². The van der Waals surface area contributed by atoms with Crippen LogP contribution in [0.15, 0.2) is 72.8 Å². The van der Waals surface area contributed by atoms with Crippen molar-refractivity contribution in [1.82, 2.24) is 0 Å². The zero-order chi connectivity index (χ0) is 24.2. The second kappa shape index (κ2) is 9.81. The molecule has 3 aromatic carbocycles. The lowest BCUT2D eigenvalue weighted by molar-refractivity contribution is -0.122. The van der Waals surface area contributed by atoms with Crippen molar-refractivity contribution < 1.29 is 35.9 Å². The molecule has 0 aliphatic heterocycles. The van der Waals surface area contributed by atoms with Crippen LogP contribution in [0.5, 0.6) is 5.75 Å². The predicted molar refractivity (Wildman–Crippen MR) is 112 cm³/mol. The van der Waals surface area contributed by atoms with Gasteiger partial charge in [0.05, 0.1) is 11.3 Å². The lowest BCUT2D eigenvalue weighted by atomic mass is 10.0. The Hall–Kier alpha value is -3.75. The first-order valence-electron chi connectivity index (χ1n) is 9.61. The van der Waals surface area contributed by atoms with E-state index >= 15 is 0 Å². The first kappa shape index (κ1) is 23.9. The number of allylic oxidation sites excluding steroid dienone is 1. The zero-order valence-corrected chi connectivity index (χ0v) is 17.1. The summed E-state index contributed by atoms with van der Waals surface area (Å²) in [5, 5.41) is 2.36. The summed E-state index contributed by atoms with van der Waals surface area (Å²) in [4.78, 5) is 12.2. The van der Waals surface area contributed by atoms with Crippen LogP contribution in [0.25, 0.3) is 11.4 Å². The molecule has 1 atom stereocenters. The number of hydrogen-bond acceptors (Lipinski definition) is 2. The molecule has 0 saturated carbocycles. The lowest BCUT2D eigenvalue weighted by Crippen LogP contribution is -2.30. The standard InChI is InChI=1S/C24H17F6NO2/c1-14(23(32)31-20-5-3-2-4-19(20)26)33-18-12-8-16(9-13-18)22(27)21(24(28,29)30)15-6-10-17(25)11-7-15/h2-14H,1H3,(H,31,32). The van der Waals surface area contributed by atoms with Gasteiger partial charge in [-0.2, -0.15) is 13.2 Å². The van der Waals surface area contributed by atoms with E-state index in [2.05, 4.69) is 5.32 Å². The van der Waals surface area contributed by atoms with Gasteiger partial charge < -0.3 is 10.1 Å². The highest BCUT2D eigenvalue weighted by atomic mass is 19.4. The highest BCUT2D eigenvalue weighted by molar-refractivity contribution is 5.94. The average molecular weight is 465 g/mol. The zero-order valence-electron chi connectivity index (χ0n) is 17.1. The smallest absolute Gasteiger partial charge is 0.419 e. The van der Waals surface area contributed by atoms with E-state index in [9.17, 15) is 31.1 Å². The lowest BCUT2D eigenvalue weighted by Gasteiger charge is -2.16. The second-order valence-corrected chi connectivity index (χ2v) is 6.95. The molecule has 1 N–H and O–H groups in total. The van der Waals surface area contributed by atoms with E-state index in [1.807, 2.05) is 0 Å². The number of nitrogens with one attached hydrogen (secondary N) is 1. The first-order chi connectivity index (χ1) is 15.6. The van der Waals surface area contributed by atoms with Gasteiger partial charge in [0.2, 0.25) is 0 Å². The van der Waals surface area contributed by atoms with Crippen molar-refractivity contribution in [2.24, 2.45) is 0 Å². The van der Waals surface area contributed by atoms with Gasteiger partial charge in [-0.05, 0) is 61.0 Å². The quantitative estimate of drug-likeness (QED) is 0.322. The first-order valence-corrected chi connectivity index (χ1v) is 9.61. The molecule has 0 bridgehead atoms. The Labute approximate surface area is 185 Å². The fourth-order valence-corrected chi connectivity index (χ4v) is 2.91. The second-order valence-electron chi connectivity index (χ2n) is 6.95. The fourth-order valence-electron chi connectivity index (χ4n) is 2.91. The third-order valence-electron chi connectivity index (χ3n) is 4.56. The van der Waals surface area contributed by atoms with Crippen molar-refractivity contribution in [3.8, 4) is 5.75 Å². The van der Waals surface area contributed by atoms with Crippen molar-refractivity contribution in [3.05, 3.63) is 95.6 Å². The van der Waals surface area contributed by atoms with E-state index in [-0.39, 0.29) is 17.0 Å². The van der Waals surface area contributed by atoms with Crippen molar-refractivity contribution in [1.29, 1.82) is 0 Å². The molecule has 33 heavy (non-hydrogen) atoms. The van der Waals surface area contributed by atoms with E-state index in [1.54, 1.807) is 0 Å². The Balaban J connectivity index is 1.78. The minimum atomic E-state index is -5.03. The fraction of sp³-hybridized carbons (Fsp3) is 0.125. The van der Waals surface area contributed by atoms with Crippen LogP contribution in [0.4, 0.5) is 32.0 Å². The van der Waals surface area contributed by atoms with Crippen LogP contribution in [0.1, 0.15) is 18.1 Å². The number of halogens is 6. The molecule has 1 unspecified atom stereocenters. The van der Waals surface area contributed by atoms with Gasteiger partial charge in [0.1, 0.15) is 23.2 Å². The number of carbonyl (C=O) groups excluding carboxylic acids is 1. The summed E-state index contributed by atoms with van der Waals surface area (Å²) in [5.74, 6) is -3.52. The maximum absolute atomic E-state index is 14.8. The minimum Gasteiger partial charge on any atom is -0.481 e. The Morgan fingerprint density at radius 1 is 0.879 bits per heavy atom. The molecular weight excluding hydrogens is 448 g/mol. The number of para-hydroxylation sites is 1. The number of rotatable bonds is 6. The molecule has 172 valence electrons. The SMILES string of the molecule is CC(Oc1ccc(C(F)=C(c2ccc(F)cc2)C(F)(F)F)cc1)C(=O)Nc1ccccc1F. The molecule has 0 spiro atoms. The Bertz CT molecular complexity index is 1150. The molecule has 9 heteroatoms. The molecule has 1 amide bonds.